The minimum Gasteiger partial charge on any atom is -0.467 e. The lowest BCUT2D eigenvalue weighted by atomic mass is 9.78. The Balaban J connectivity index is 2.66. The molecule has 3 N–H and O–H groups in total. The van der Waals surface area contributed by atoms with E-state index < -0.39 is 11.5 Å². The summed E-state index contributed by atoms with van der Waals surface area (Å²) in [6, 6.07) is 0. The lowest BCUT2D eigenvalue weighted by Crippen LogP contribution is -2.53. The van der Waals surface area contributed by atoms with Gasteiger partial charge in [0.25, 0.3) is 0 Å². The van der Waals surface area contributed by atoms with Gasteiger partial charge >= 0.3 is 5.97 Å². The van der Waals surface area contributed by atoms with Gasteiger partial charge in [-0.2, -0.15) is 0 Å². The summed E-state index contributed by atoms with van der Waals surface area (Å²) < 4.78 is 4.68. The fourth-order valence-electron chi connectivity index (χ4n) is 2.54. The van der Waals surface area contributed by atoms with Gasteiger partial charge in [0.15, 0.2) is 0 Å². The number of carbonyl (C=O) groups excluding carboxylic acids is 2. The van der Waals surface area contributed by atoms with E-state index in [-0.39, 0.29) is 17.7 Å². The predicted molar refractivity (Wildman–Crippen MR) is 68.7 cm³/mol. The van der Waals surface area contributed by atoms with E-state index >= 15 is 0 Å². The van der Waals surface area contributed by atoms with Crippen molar-refractivity contribution in [2.45, 2.75) is 45.1 Å². The highest BCUT2D eigenvalue weighted by molar-refractivity contribution is 5.88. The molecule has 1 amide bonds. The number of rotatable bonds is 4. The Morgan fingerprint density at radius 2 is 1.94 bits per heavy atom. The summed E-state index contributed by atoms with van der Waals surface area (Å²) >= 11 is 0. The summed E-state index contributed by atoms with van der Waals surface area (Å²) in [4.78, 5) is 23.8. The fraction of sp³-hybridized carbons (Fsp3) is 0.846. The van der Waals surface area contributed by atoms with E-state index in [4.69, 9.17) is 5.73 Å². The fourth-order valence-corrected chi connectivity index (χ4v) is 2.54. The highest BCUT2D eigenvalue weighted by Gasteiger charge is 2.36. The number of amides is 1. The van der Waals surface area contributed by atoms with E-state index in [1.165, 1.54) is 7.11 Å². The molecule has 0 saturated heterocycles. The van der Waals surface area contributed by atoms with E-state index in [1.54, 1.807) is 13.8 Å². The van der Waals surface area contributed by atoms with Gasteiger partial charge in [-0.15, -0.1) is 0 Å². The van der Waals surface area contributed by atoms with Crippen molar-refractivity contribution in [3.63, 3.8) is 0 Å². The van der Waals surface area contributed by atoms with Gasteiger partial charge in [-0.1, -0.05) is 12.8 Å². The number of nitrogens with one attached hydrogen (secondary N) is 1. The topological polar surface area (TPSA) is 81.4 Å². The summed E-state index contributed by atoms with van der Waals surface area (Å²) in [7, 11) is 1.32. The van der Waals surface area contributed by atoms with E-state index in [9.17, 15) is 9.59 Å². The molecule has 0 spiro atoms. The van der Waals surface area contributed by atoms with Crippen LogP contribution in [0.15, 0.2) is 0 Å². The van der Waals surface area contributed by atoms with Crippen LogP contribution in [-0.2, 0) is 14.3 Å². The highest BCUT2D eigenvalue weighted by atomic mass is 16.5. The van der Waals surface area contributed by atoms with Gasteiger partial charge in [-0.3, -0.25) is 4.79 Å². The number of hydrogen-bond acceptors (Lipinski definition) is 4. The van der Waals surface area contributed by atoms with Crippen LogP contribution >= 0.6 is 0 Å². The van der Waals surface area contributed by atoms with Crippen molar-refractivity contribution in [2.75, 3.05) is 13.7 Å². The summed E-state index contributed by atoms with van der Waals surface area (Å²) in [6.07, 6.45) is 4.03. The molecule has 1 aliphatic carbocycles. The Morgan fingerprint density at radius 3 is 2.50 bits per heavy atom. The minimum absolute atomic E-state index is 0.0762. The molecule has 0 aromatic carbocycles. The van der Waals surface area contributed by atoms with Crippen LogP contribution in [0.1, 0.15) is 39.5 Å². The van der Waals surface area contributed by atoms with Crippen molar-refractivity contribution in [3.8, 4) is 0 Å². The zero-order valence-corrected chi connectivity index (χ0v) is 11.5. The molecule has 1 fully saturated rings. The third-order valence-corrected chi connectivity index (χ3v) is 3.68. The zero-order valence-electron chi connectivity index (χ0n) is 11.5. The first-order chi connectivity index (χ1) is 8.42. The second-order valence-corrected chi connectivity index (χ2v) is 5.49. The van der Waals surface area contributed by atoms with Crippen molar-refractivity contribution >= 4 is 11.9 Å². The largest absolute Gasteiger partial charge is 0.467 e. The highest BCUT2D eigenvalue weighted by Crippen LogP contribution is 2.29. The average molecular weight is 256 g/mol. The molecule has 0 heterocycles. The Morgan fingerprint density at radius 1 is 1.33 bits per heavy atom. The van der Waals surface area contributed by atoms with Gasteiger partial charge in [0, 0.05) is 5.92 Å². The van der Waals surface area contributed by atoms with Crippen molar-refractivity contribution in [1.82, 2.24) is 5.32 Å². The van der Waals surface area contributed by atoms with Crippen LogP contribution in [0.25, 0.3) is 0 Å². The van der Waals surface area contributed by atoms with Crippen molar-refractivity contribution in [1.29, 1.82) is 0 Å². The lowest BCUT2D eigenvalue weighted by Gasteiger charge is -2.32. The Labute approximate surface area is 108 Å². The van der Waals surface area contributed by atoms with Crippen molar-refractivity contribution in [2.24, 2.45) is 17.6 Å². The first kappa shape index (κ1) is 15.0. The standard InChI is InChI=1S/C13H24N2O3/c1-13(2,12(17)18-3)15-11(16)10-7-5-4-6-9(10)8-14/h9-10H,4-8,14H2,1-3H3,(H,15,16). The van der Waals surface area contributed by atoms with Gasteiger partial charge in [0.05, 0.1) is 7.11 Å². The molecule has 0 aromatic rings. The maximum absolute atomic E-state index is 12.2. The van der Waals surface area contributed by atoms with E-state index in [2.05, 4.69) is 10.1 Å². The molecular formula is C13H24N2O3. The number of esters is 1. The van der Waals surface area contributed by atoms with Gasteiger partial charge in [-0.25, -0.2) is 4.79 Å². The number of nitrogens with two attached hydrogens (primary N) is 1. The average Bonchev–Trinajstić information content (AvgIpc) is 2.36. The Hall–Kier alpha value is -1.10. The molecule has 18 heavy (non-hydrogen) atoms. The van der Waals surface area contributed by atoms with Crippen LogP contribution < -0.4 is 11.1 Å². The van der Waals surface area contributed by atoms with E-state index in [1.807, 2.05) is 0 Å². The predicted octanol–water partition coefficient (Wildman–Crippen LogP) is 0.819. The molecular weight excluding hydrogens is 232 g/mol. The van der Waals surface area contributed by atoms with Crippen LogP contribution in [0, 0.1) is 11.8 Å². The molecule has 0 aromatic heterocycles. The molecule has 2 unspecified atom stereocenters. The molecule has 0 bridgehead atoms. The first-order valence-electron chi connectivity index (χ1n) is 6.53. The van der Waals surface area contributed by atoms with Crippen LogP contribution in [0.5, 0.6) is 0 Å². The molecule has 1 aliphatic rings. The monoisotopic (exact) mass is 256 g/mol. The number of hydrogen-bond donors (Lipinski definition) is 2. The second-order valence-electron chi connectivity index (χ2n) is 5.49. The maximum Gasteiger partial charge on any atom is 0.330 e. The summed E-state index contributed by atoms with van der Waals surface area (Å²) in [5.41, 5.74) is 4.73. The number of methoxy groups -OCH3 is 1. The Bertz CT molecular complexity index is 315. The van der Waals surface area contributed by atoms with E-state index in [0.717, 1.165) is 25.7 Å². The number of ether oxygens (including phenoxy) is 1. The van der Waals surface area contributed by atoms with Gasteiger partial charge in [0.2, 0.25) is 5.91 Å². The smallest absolute Gasteiger partial charge is 0.330 e. The first-order valence-corrected chi connectivity index (χ1v) is 6.53. The molecule has 0 aliphatic heterocycles. The maximum atomic E-state index is 12.2. The SMILES string of the molecule is COC(=O)C(C)(C)NC(=O)C1CCCCC1CN. The quantitative estimate of drug-likeness (QED) is 0.730. The lowest BCUT2D eigenvalue weighted by molar-refractivity contribution is -0.150. The van der Waals surface area contributed by atoms with Gasteiger partial charge in [-0.05, 0) is 39.2 Å². The van der Waals surface area contributed by atoms with E-state index in [0.29, 0.717) is 6.54 Å². The summed E-state index contributed by atoms with van der Waals surface area (Å²) in [6.45, 7) is 3.82. The molecule has 104 valence electrons. The normalized spacial score (nSPS) is 24.4. The molecule has 1 rings (SSSR count). The minimum atomic E-state index is -0.984. The van der Waals surface area contributed by atoms with Gasteiger partial charge in [0.1, 0.15) is 5.54 Å². The van der Waals surface area contributed by atoms with Crippen LogP contribution in [0.3, 0.4) is 0 Å². The van der Waals surface area contributed by atoms with Crippen LogP contribution in [0.4, 0.5) is 0 Å². The molecule has 1 saturated carbocycles. The third-order valence-electron chi connectivity index (χ3n) is 3.68. The summed E-state index contributed by atoms with van der Waals surface area (Å²) in [5.74, 6) is -0.364. The molecule has 0 radical (unpaired) electrons. The Kier molecular flexibility index (Phi) is 5.14. The van der Waals surface area contributed by atoms with Crippen molar-refractivity contribution < 1.29 is 14.3 Å². The second kappa shape index (κ2) is 6.18. The summed E-state index contributed by atoms with van der Waals surface area (Å²) in [5, 5.41) is 2.77. The van der Waals surface area contributed by atoms with Crippen molar-refractivity contribution in [3.05, 3.63) is 0 Å². The molecule has 5 heteroatoms. The molecule has 5 nitrogen and oxygen atoms in total. The van der Waals surface area contributed by atoms with Gasteiger partial charge < -0.3 is 15.8 Å². The third kappa shape index (κ3) is 3.45. The zero-order chi connectivity index (χ0) is 13.8. The van der Waals surface area contributed by atoms with Crippen LogP contribution in [-0.4, -0.2) is 31.1 Å². The number of carbonyl (C=O) groups is 2. The van der Waals surface area contributed by atoms with Crippen LogP contribution in [0.2, 0.25) is 0 Å². The molecule has 2 atom stereocenters.